The van der Waals surface area contributed by atoms with Crippen molar-refractivity contribution in [3.8, 4) is 5.75 Å². The van der Waals surface area contributed by atoms with Crippen molar-refractivity contribution in [1.82, 2.24) is 10.2 Å². The maximum absolute atomic E-state index is 10.3. The smallest absolute Gasteiger partial charge is 0.474 e. The van der Waals surface area contributed by atoms with Gasteiger partial charge in [0.05, 0.1) is 19.9 Å². The Hall–Kier alpha value is -2.02. The van der Waals surface area contributed by atoms with Gasteiger partial charge in [0.25, 0.3) is 0 Å². The Morgan fingerprint density at radius 3 is 3.11 bits per heavy atom. The highest BCUT2D eigenvalue weighted by Gasteiger charge is 2.33. The van der Waals surface area contributed by atoms with E-state index in [2.05, 4.69) is 15.4 Å². The van der Waals surface area contributed by atoms with Crippen molar-refractivity contribution in [3.63, 3.8) is 0 Å². The molecule has 7 heteroatoms. The van der Waals surface area contributed by atoms with Crippen LogP contribution in [-0.4, -0.2) is 49.4 Å². The minimum Gasteiger partial charge on any atom is -0.497 e. The number of hydrogen-bond acceptors (Lipinski definition) is 6. The highest BCUT2D eigenvalue weighted by molar-refractivity contribution is 6.67. The molecular weight excluding hydrogens is 231 g/mol. The number of hydrazone groups is 1. The van der Waals surface area contributed by atoms with E-state index in [4.69, 9.17) is 4.74 Å². The topological polar surface area (TPSA) is 69.5 Å². The number of nitrogens with zero attached hydrogens (tertiary/aromatic N) is 3. The Morgan fingerprint density at radius 2 is 2.39 bits per heavy atom. The fourth-order valence-electron chi connectivity index (χ4n) is 2.06. The van der Waals surface area contributed by atoms with Gasteiger partial charge in [-0.1, -0.05) is 6.07 Å². The first-order valence-corrected chi connectivity index (χ1v) is 5.77. The third kappa shape index (κ3) is 1.72. The summed E-state index contributed by atoms with van der Waals surface area (Å²) in [6.45, 7) is 1.49. The molecule has 0 saturated heterocycles. The molecule has 0 spiro atoms. The average Bonchev–Trinajstić information content (AvgIpc) is 2.92. The lowest BCUT2D eigenvalue weighted by atomic mass is 9.70. The van der Waals surface area contributed by atoms with E-state index in [1.54, 1.807) is 13.3 Å². The molecule has 0 fully saturated rings. The maximum Gasteiger partial charge on any atom is 0.474 e. The zero-order valence-corrected chi connectivity index (χ0v) is 10.00. The molecule has 2 aliphatic heterocycles. The zero-order valence-electron chi connectivity index (χ0n) is 10.00. The molecule has 3 rings (SSSR count). The number of guanidine groups is 1. The van der Waals surface area contributed by atoms with Gasteiger partial charge in [-0.2, -0.15) is 5.10 Å². The quantitative estimate of drug-likeness (QED) is 0.621. The maximum atomic E-state index is 10.3. The summed E-state index contributed by atoms with van der Waals surface area (Å²) in [5.74, 6) is 1.36. The van der Waals surface area contributed by atoms with Gasteiger partial charge in [0.1, 0.15) is 5.75 Å². The molecule has 0 atom stereocenters. The van der Waals surface area contributed by atoms with E-state index in [0.29, 0.717) is 12.5 Å². The van der Waals surface area contributed by atoms with Crippen LogP contribution < -0.4 is 15.5 Å². The number of aliphatic imine (C=N–C) groups is 1. The van der Waals surface area contributed by atoms with Gasteiger partial charge in [0.15, 0.2) is 0 Å². The number of hydrogen-bond donors (Lipinski definition) is 2. The summed E-state index contributed by atoms with van der Waals surface area (Å²) in [6.07, 6.45) is 1.70. The molecule has 2 N–H and O–H groups in total. The van der Waals surface area contributed by atoms with Crippen LogP contribution >= 0.6 is 0 Å². The normalized spacial score (nSPS) is 17.3. The van der Waals surface area contributed by atoms with Gasteiger partial charge in [-0.15, -0.1) is 0 Å². The lowest BCUT2D eigenvalue weighted by molar-refractivity contribution is 0.414. The first-order chi connectivity index (χ1) is 8.79. The van der Waals surface area contributed by atoms with Crippen molar-refractivity contribution in [1.29, 1.82) is 0 Å². The molecule has 0 amide bonds. The third-order valence-electron chi connectivity index (χ3n) is 3.00. The average molecular weight is 244 g/mol. The fraction of sp³-hybridized carbons (Fsp3) is 0.273. The Morgan fingerprint density at radius 1 is 1.50 bits per heavy atom. The number of fused-ring (bicyclic) bond motifs is 1. The number of methoxy groups -OCH3 is 1. The van der Waals surface area contributed by atoms with E-state index in [1.807, 2.05) is 18.2 Å². The first kappa shape index (κ1) is 11.1. The zero-order chi connectivity index (χ0) is 12.5. The SMILES string of the molecule is COc1ccc2c(c1)C=NN(C1=NCCN1)B2O. The molecule has 0 unspecified atom stereocenters. The Bertz CT molecular complexity index is 532. The number of rotatable bonds is 1. The molecule has 0 saturated carbocycles. The molecule has 2 heterocycles. The Kier molecular flexibility index (Phi) is 2.68. The molecule has 1 aromatic carbocycles. The van der Waals surface area contributed by atoms with Crippen LogP contribution in [0.1, 0.15) is 5.56 Å². The minimum atomic E-state index is -0.819. The second-order valence-electron chi connectivity index (χ2n) is 4.09. The van der Waals surface area contributed by atoms with E-state index < -0.39 is 7.05 Å². The van der Waals surface area contributed by atoms with Gasteiger partial charge in [0, 0.05) is 6.54 Å². The van der Waals surface area contributed by atoms with Crippen molar-refractivity contribution in [2.45, 2.75) is 0 Å². The third-order valence-corrected chi connectivity index (χ3v) is 3.00. The van der Waals surface area contributed by atoms with Crippen LogP contribution in [0.15, 0.2) is 28.3 Å². The van der Waals surface area contributed by atoms with E-state index in [-0.39, 0.29) is 0 Å². The predicted octanol–water partition coefficient (Wildman–Crippen LogP) is -1.01. The van der Waals surface area contributed by atoms with Crippen LogP contribution in [0.5, 0.6) is 5.75 Å². The summed E-state index contributed by atoms with van der Waals surface area (Å²) in [6, 6.07) is 5.51. The van der Waals surface area contributed by atoms with Gasteiger partial charge < -0.3 is 15.1 Å². The standard InChI is InChI=1S/C11H13BN4O2/c1-18-9-2-3-10-8(6-9)7-15-16(12(10)17)11-13-4-5-14-11/h2-3,6-7,17H,4-5H2,1H3,(H,13,14). The second-order valence-corrected chi connectivity index (χ2v) is 4.09. The molecule has 0 bridgehead atoms. The number of ether oxygens (including phenoxy) is 1. The van der Waals surface area contributed by atoms with Crippen LogP contribution in [0.4, 0.5) is 0 Å². The van der Waals surface area contributed by atoms with Crippen molar-refractivity contribution in [3.05, 3.63) is 23.8 Å². The number of benzene rings is 1. The van der Waals surface area contributed by atoms with Crippen LogP contribution in [0.3, 0.4) is 0 Å². The summed E-state index contributed by atoms with van der Waals surface area (Å²) in [5, 5.41) is 17.6. The van der Waals surface area contributed by atoms with Crippen LogP contribution in [0.25, 0.3) is 0 Å². The molecule has 0 radical (unpaired) electrons. The van der Waals surface area contributed by atoms with Gasteiger partial charge in [-0.05, 0) is 23.2 Å². The van der Waals surface area contributed by atoms with Crippen molar-refractivity contribution in [2.75, 3.05) is 20.2 Å². The molecule has 1 aromatic rings. The van der Waals surface area contributed by atoms with Gasteiger partial charge in [0.2, 0.25) is 5.96 Å². The Labute approximate surface area is 105 Å². The van der Waals surface area contributed by atoms with E-state index in [0.717, 1.165) is 23.3 Å². The highest BCUT2D eigenvalue weighted by Crippen LogP contribution is 2.14. The molecule has 0 aliphatic carbocycles. The van der Waals surface area contributed by atoms with Crippen molar-refractivity contribution >= 4 is 24.7 Å². The molecule has 18 heavy (non-hydrogen) atoms. The highest BCUT2D eigenvalue weighted by atomic mass is 16.5. The Balaban J connectivity index is 1.95. The van der Waals surface area contributed by atoms with E-state index in [9.17, 15) is 5.02 Å². The van der Waals surface area contributed by atoms with Gasteiger partial charge in [-0.3, -0.25) is 4.99 Å². The summed E-state index contributed by atoms with van der Waals surface area (Å²) in [7, 11) is 0.793. The van der Waals surface area contributed by atoms with Gasteiger partial charge >= 0.3 is 7.05 Å². The largest absolute Gasteiger partial charge is 0.497 e. The molecule has 6 nitrogen and oxygen atoms in total. The first-order valence-electron chi connectivity index (χ1n) is 5.77. The summed E-state index contributed by atoms with van der Waals surface area (Å²) >= 11 is 0. The molecule has 92 valence electrons. The van der Waals surface area contributed by atoms with E-state index >= 15 is 0 Å². The second kappa shape index (κ2) is 4.34. The van der Waals surface area contributed by atoms with E-state index in [1.165, 1.54) is 4.92 Å². The summed E-state index contributed by atoms with van der Waals surface area (Å²) in [4.78, 5) is 5.74. The van der Waals surface area contributed by atoms with Crippen molar-refractivity contribution in [2.24, 2.45) is 10.1 Å². The lowest BCUT2D eigenvalue weighted by Crippen LogP contribution is -2.54. The van der Waals surface area contributed by atoms with Crippen LogP contribution in [-0.2, 0) is 0 Å². The van der Waals surface area contributed by atoms with Crippen LogP contribution in [0.2, 0.25) is 0 Å². The molecular formula is C11H13BN4O2. The monoisotopic (exact) mass is 244 g/mol. The van der Waals surface area contributed by atoms with Crippen molar-refractivity contribution < 1.29 is 9.76 Å². The molecule has 2 aliphatic rings. The van der Waals surface area contributed by atoms with Crippen LogP contribution in [0, 0.1) is 0 Å². The fourth-order valence-corrected chi connectivity index (χ4v) is 2.06. The lowest BCUT2D eigenvalue weighted by Gasteiger charge is -2.26. The van der Waals surface area contributed by atoms with Gasteiger partial charge in [-0.25, -0.2) is 4.92 Å². The predicted molar refractivity (Wildman–Crippen MR) is 70.3 cm³/mol. The number of nitrogens with one attached hydrogen (secondary N) is 1. The summed E-state index contributed by atoms with van der Waals surface area (Å²) in [5.41, 5.74) is 1.65. The molecule has 0 aromatic heterocycles. The summed E-state index contributed by atoms with van der Waals surface area (Å²) < 4.78 is 5.15. The minimum absolute atomic E-state index is 0.611.